The fraction of sp³-hybridized carbons (Fsp3) is 0.333. The summed E-state index contributed by atoms with van der Waals surface area (Å²) in [5.41, 5.74) is 1.22. The van der Waals surface area contributed by atoms with Gasteiger partial charge in [-0.1, -0.05) is 12.1 Å². The summed E-state index contributed by atoms with van der Waals surface area (Å²) in [6.45, 7) is 1.96. The molecule has 18 heavy (non-hydrogen) atoms. The van der Waals surface area contributed by atoms with Crippen molar-refractivity contribution in [3.8, 4) is 5.75 Å². The molecule has 2 aromatic rings. The molecule has 3 heteroatoms. The Balaban J connectivity index is 2.14. The van der Waals surface area contributed by atoms with Crippen LogP contribution < -0.4 is 10.1 Å². The Hall–Kier alpha value is -1.74. The zero-order chi connectivity index (χ0) is 13.0. The molecule has 1 heterocycles. The first-order valence-electron chi connectivity index (χ1n) is 6.09. The highest BCUT2D eigenvalue weighted by Gasteiger charge is 2.13. The number of methoxy groups -OCH3 is 1. The van der Waals surface area contributed by atoms with Crippen molar-refractivity contribution < 1.29 is 9.15 Å². The quantitative estimate of drug-likeness (QED) is 0.879. The predicted octanol–water partition coefficient (Wildman–Crippen LogP) is 3.10. The van der Waals surface area contributed by atoms with Gasteiger partial charge in [-0.2, -0.15) is 0 Å². The van der Waals surface area contributed by atoms with Crippen molar-refractivity contribution >= 4 is 0 Å². The number of nitrogens with one attached hydrogen (secondary N) is 1. The molecule has 0 bridgehead atoms. The lowest BCUT2D eigenvalue weighted by atomic mass is 10.0. The van der Waals surface area contributed by atoms with Gasteiger partial charge in [0.1, 0.15) is 17.3 Å². The van der Waals surface area contributed by atoms with E-state index in [0.29, 0.717) is 0 Å². The van der Waals surface area contributed by atoms with Gasteiger partial charge in [-0.05, 0) is 50.2 Å². The van der Waals surface area contributed by atoms with Crippen LogP contribution in [0.1, 0.15) is 23.1 Å². The molecule has 3 nitrogen and oxygen atoms in total. The van der Waals surface area contributed by atoms with Crippen LogP contribution in [0.5, 0.6) is 5.75 Å². The molecule has 0 amide bonds. The Morgan fingerprint density at radius 1 is 1.28 bits per heavy atom. The minimum Gasteiger partial charge on any atom is -0.497 e. The number of hydrogen-bond acceptors (Lipinski definition) is 3. The van der Waals surface area contributed by atoms with E-state index in [1.165, 1.54) is 5.56 Å². The molecule has 1 aromatic carbocycles. The topological polar surface area (TPSA) is 34.4 Å². The van der Waals surface area contributed by atoms with Crippen LogP contribution in [0.2, 0.25) is 0 Å². The van der Waals surface area contributed by atoms with E-state index in [1.807, 2.05) is 38.2 Å². The largest absolute Gasteiger partial charge is 0.497 e. The number of aryl methyl sites for hydroxylation is 1. The third-order valence-corrected chi connectivity index (χ3v) is 3.03. The number of benzene rings is 1. The molecular formula is C15H19NO2. The number of furan rings is 1. The first kappa shape index (κ1) is 12.7. The predicted molar refractivity (Wildman–Crippen MR) is 71.9 cm³/mol. The van der Waals surface area contributed by atoms with Crippen molar-refractivity contribution in [2.45, 2.75) is 19.4 Å². The highest BCUT2D eigenvalue weighted by Crippen LogP contribution is 2.22. The Bertz CT molecular complexity index is 505. The Labute approximate surface area is 108 Å². The summed E-state index contributed by atoms with van der Waals surface area (Å²) in [5, 5.41) is 3.28. The van der Waals surface area contributed by atoms with Crippen LogP contribution in [0, 0.1) is 6.92 Å². The molecule has 1 unspecified atom stereocenters. The third-order valence-electron chi connectivity index (χ3n) is 3.03. The van der Waals surface area contributed by atoms with Gasteiger partial charge in [0, 0.05) is 0 Å². The van der Waals surface area contributed by atoms with Crippen LogP contribution in [0.25, 0.3) is 0 Å². The molecule has 0 aliphatic carbocycles. The number of hydrogen-bond donors (Lipinski definition) is 1. The number of ether oxygens (including phenoxy) is 1. The minimum absolute atomic E-state index is 0.186. The lowest BCUT2D eigenvalue weighted by Crippen LogP contribution is -2.18. The second-order valence-corrected chi connectivity index (χ2v) is 4.35. The van der Waals surface area contributed by atoms with Crippen molar-refractivity contribution in [2.24, 2.45) is 0 Å². The van der Waals surface area contributed by atoms with Crippen molar-refractivity contribution in [3.63, 3.8) is 0 Å². The van der Waals surface area contributed by atoms with Gasteiger partial charge in [-0.3, -0.25) is 0 Å². The van der Waals surface area contributed by atoms with Gasteiger partial charge >= 0.3 is 0 Å². The first-order chi connectivity index (χ1) is 8.72. The molecule has 0 radical (unpaired) electrons. The molecule has 0 aliphatic rings. The lowest BCUT2D eigenvalue weighted by Gasteiger charge is -2.14. The van der Waals surface area contributed by atoms with Crippen LogP contribution in [0.4, 0.5) is 0 Å². The van der Waals surface area contributed by atoms with Gasteiger partial charge in [-0.15, -0.1) is 0 Å². The van der Waals surface area contributed by atoms with Crippen LogP contribution in [-0.2, 0) is 6.42 Å². The van der Waals surface area contributed by atoms with E-state index in [4.69, 9.17) is 9.15 Å². The van der Waals surface area contributed by atoms with E-state index in [0.717, 1.165) is 23.7 Å². The average Bonchev–Trinajstić information content (AvgIpc) is 2.82. The lowest BCUT2D eigenvalue weighted by molar-refractivity contribution is 0.408. The maximum atomic E-state index is 5.67. The van der Waals surface area contributed by atoms with Crippen LogP contribution in [-0.4, -0.2) is 14.2 Å². The highest BCUT2D eigenvalue weighted by atomic mass is 16.5. The fourth-order valence-electron chi connectivity index (χ4n) is 2.02. The van der Waals surface area contributed by atoms with E-state index in [1.54, 1.807) is 7.11 Å². The molecule has 1 atom stereocenters. The van der Waals surface area contributed by atoms with Crippen LogP contribution in [0.15, 0.2) is 40.8 Å². The standard InChI is InChI=1S/C15H19NO2/c1-11-7-8-15(18-11)14(16-2)10-12-5-4-6-13(9-12)17-3/h4-9,14,16H,10H2,1-3H3. The molecule has 0 spiro atoms. The molecule has 0 saturated carbocycles. The van der Waals surface area contributed by atoms with Gasteiger partial charge in [0.05, 0.1) is 13.2 Å². The van der Waals surface area contributed by atoms with Crippen molar-refractivity contribution in [3.05, 3.63) is 53.5 Å². The van der Waals surface area contributed by atoms with E-state index in [2.05, 4.69) is 17.4 Å². The fourth-order valence-corrected chi connectivity index (χ4v) is 2.02. The summed E-state index contributed by atoms with van der Waals surface area (Å²) in [5.74, 6) is 2.80. The van der Waals surface area contributed by atoms with E-state index in [-0.39, 0.29) is 6.04 Å². The summed E-state index contributed by atoms with van der Waals surface area (Å²) < 4.78 is 10.9. The zero-order valence-electron chi connectivity index (χ0n) is 11.1. The molecular weight excluding hydrogens is 226 g/mol. The molecule has 1 N–H and O–H groups in total. The van der Waals surface area contributed by atoms with Crippen molar-refractivity contribution in [1.29, 1.82) is 0 Å². The highest BCUT2D eigenvalue weighted by molar-refractivity contribution is 5.29. The Morgan fingerprint density at radius 3 is 2.72 bits per heavy atom. The summed E-state index contributed by atoms with van der Waals surface area (Å²) in [7, 11) is 3.63. The maximum absolute atomic E-state index is 5.67. The smallest absolute Gasteiger partial charge is 0.121 e. The molecule has 0 saturated heterocycles. The molecule has 2 rings (SSSR count). The van der Waals surface area contributed by atoms with Crippen LogP contribution in [0.3, 0.4) is 0 Å². The zero-order valence-corrected chi connectivity index (χ0v) is 11.1. The SMILES string of the molecule is CNC(Cc1cccc(OC)c1)c1ccc(C)o1. The third kappa shape index (κ3) is 2.93. The number of likely N-dealkylation sites (N-methyl/N-ethyl adjacent to an activating group) is 1. The van der Waals surface area contributed by atoms with E-state index >= 15 is 0 Å². The van der Waals surface area contributed by atoms with Crippen molar-refractivity contribution in [2.75, 3.05) is 14.2 Å². The molecule has 0 fully saturated rings. The Morgan fingerprint density at radius 2 is 2.11 bits per heavy atom. The summed E-state index contributed by atoms with van der Waals surface area (Å²) in [6, 6.07) is 12.3. The Kier molecular flexibility index (Phi) is 4.05. The second-order valence-electron chi connectivity index (χ2n) is 4.35. The van der Waals surface area contributed by atoms with Crippen LogP contribution >= 0.6 is 0 Å². The van der Waals surface area contributed by atoms with Gasteiger partial charge in [0.25, 0.3) is 0 Å². The first-order valence-corrected chi connectivity index (χ1v) is 6.09. The second kappa shape index (κ2) is 5.74. The van der Waals surface area contributed by atoms with E-state index < -0.39 is 0 Å². The summed E-state index contributed by atoms with van der Waals surface area (Å²) in [4.78, 5) is 0. The molecule has 0 aliphatic heterocycles. The van der Waals surface area contributed by atoms with Gasteiger partial charge in [-0.25, -0.2) is 0 Å². The molecule has 96 valence electrons. The van der Waals surface area contributed by atoms with E-state index in [9.17, 15) is 0 Å². The van der Waals surface area contributed by atoms with Gasteiger partial charge in [0.2, 0.25) is 0 Å². The molecule has 1 aromatic heterocycles. The summed E-state index contributed by atoms with van der Waals surface area (Å²) >= 11 is 0. The van der Waals surface area contributed by atoms with Gasteiger partial charge < -0.3 is 14.5 Å². The van der Waals surface area contributed by atoms with Gasteiger partial charge in [0.15, 0.2) is 0 Å². The van der Waals surface area contributed by atoms with Crippen molar-refractivity contribution in [1.82, 2.24) is 5.32 Å². The summed E-state index contributed by atoms with van der Waals surface area (Å²) in [6.07, 6.45) is 0.876. The normalized spacial score (nSPS) is 12.4. The average molecular weight is 245 g/mol. The minimum atomic E-state index is 0.186. The number of rotatable bonds is 5. The maximum Gasteiger partial charge on any atom is 0.121 e. The monoisotopic (exact) mass is 245 g/mol.